The van der Waals surface area contributed by atoms with E-state index >= 15 is 0 Å². The summed E-state index contributed by atoms with van der Waals surface area (Å²) in [6, 6.07) is 0. The third-order valence-corrected chi connectivity index (χ3v) is 2.99. The van der Waals surface area contributed by atoms with Crippen LogP contribution in [0.4, 0.5) is 0 Å². The molecule has 3 N–H and O–H groups in total. The van der Waals surface area contributed by atoms with Crippen LogP contribution in [0.15, 0.2) is 0 Å². The Balaban J connectivity index is 2.73. The van der Waals surface area contributed by atoms with Gasteiger partial charge in [-0.05, 0) is 30.6 Å². The first kappa shape index (κ1) is 11.5. The molecule has 1 aliphatic rings. The van der Waals surface area contributed by atoms with Crippen molar-refractivity contribution in [1.29, 1.82) is 0 Å². The summed E-state index contributed by atoms with van der Waals surface area (Å²) in [5.41, 5.74) is 5.83. The number of hydrogen-bond donors (Lipinski definition) is 2. The molecule has 2 unspecified atom stereocenters. The van der Waals surface area contributed by atoms with E-state index in [0.29, 0.717) is 5.92 Å². The van der Waals surface area contributed by atoms with Gasteiger partial charge in [0.1, 0.15) is 0 Å². The molecule has 0 radical (unpaired) electrons. The summed E-state index contributed by atoms with van der Waals surface area (Å²) >= 11 is 0. The van der Waals surface area contributed by atoms with Crippen LogP contribution >= 0.6 is 0 Å². The average Bonchev–Trinajstić information content (AvgIpc) is 1.74. The normalized spacial score (nSPS) is 36.7. The van der Waals surface area contributed by atoms with E-state index in [9.17, 15) is 4.79 Å². The van der Waals surface area contributed by atoms with Crippen LogP contribution in [0.2, 0.25) is 0 Å². The van der Waals surface area contributed by atoms with Gasteiger partial charge in [0.2, 0.25) is 0 Å². The first-order chi connectivity index (χ1) is 6.22. The Hall–Kier alpha value is -0.570. The summed E-state index contributed by atoms with van der Waals surface area (Å²) in [5, 5.41) is 8.81. The lowest BCUT2D eigenvalue weighted by Crippen LogP contribution is -2.50. The van der Waals surface area contributed by atoms with Gasteiger partial charge in [-0.15, -0.1) is 0 Å². The van der Waals surface area contributed by atoms with Crippen LogP contribution in [0.1, 0.15) is 46.5 Å². The molecule has 0 heterocycles. The smallest absolute Gasteiger partial charge is 0.305 e. The maximum absolute atomic E-state index is 10.7. The van der Waals surface area contributed by atoms with Crippen LogP contribution in [0, 0.1) is 11.3 Å². The highest BCUT2D eigenvalue weighted by molar-refractivity contribution is 5.68. The van der Waals surface area contributed by atoms with Gasteiger partial charge in [-0.2, -0.15) is 0 Å². The number of rotatable bonds is 2. The molecule has 0 bridgehead atoms. The molecule has 82 valence electrons. The average molecular weight is 199 g/mol. The lowest BCUT2D eigenvalue weighted by Gasteiger charge is -2.45. The lowest BCUT2D eigenvalue weighted by molar-refractivity contribution is -0.139. The predicted octanol–water partition coefficient (Wildman–Crippen LogP) is 2.00. The summed E-state index contributed by atoms with van der Waals surface area (Å²) in [5.74, 6) is -0.250. The Morgan fingerprint density at radius 1 is 1.50 bits per heavy atom. The second kappa shape index (κ2) is 3.54. The third kappa shape index (κ3) is 2.98. The van der Waals surface area contributed by atoms with E-state index < -0.39 is 11.5 Å². The van der Waals surface area contributed by atoms with E-state index in [0.717, 1.165) is 19.3 Å². The van der Waals surface area contributed by atoms with E-state index in [1.165, 1.54) is 0 Å². The Morgan fingerprint density at radius 2 is 2.07 bits per heavy atom. The Labute approximate surface area is 85.7 Å². The summed E-state index contributed by atoms with van der Waals surface area (Å²) < 4.78 is 0. The number of aliphatic carboxylic acids is 1. The van der Waals surface area contributed by atoms with Crippen molar-refractivity contribution in [3.8, 4) is 0 Å². The fourth-order valence-electron chi connectivity index (χ4n) is 3.24. The quantitative estimate of drug-likeness (QED) is 0.715. The SMILES string of the molecule is CC1CC(C)(C)CC(N)(CC(=O)O)C1. The first-order valence-corrected chi connectivity index (χ1v) is 5.23. The highest BCUT2D eigenvalue weighted by Crippen LogP contribution is 2.43. The molecule has 0 amide bonds. The summed E-state index contributed by atoms with van der Waals surface area (Å²) in [7, 11) is 0. The Morgan fingerprint density at radius 3 is 2.50 bits per heavy atom. The van der Waals surface area contributed by atoms with Crippen molar-refractivity contribution in [2.75, 3.05) is 0 Å². The monoisotopic (exact) mass is 199 g/mol. The fraction of sp³-hybridized carbons (Fsp3) is 0.909. The molecular formula is C11H21NO2. The van der Waals surface area contributed by atoms with Gasteiger partial charge in [-0.25, -0.2) is 0 Å². The number of carboxylic acid groups (broad SMARTS) is 1. The fourth-order valence-corrected chi connectivity index (χ4v) is 3.24. The molecule has 0 saturated heterocycles. The van der Waals surface area contributed by atoms with Crippen molar-refractivity contribution in [3.63, 3.8) is 0 Å². The molecule has 14 heavy (non-hydrogen) atoms. The minimum atomic E-state index is -0.780. The zero-order chi connectivity index (χ0) is 11.0. The van der Waals surface area contributed by atoms with Crippen LogP contribution in [-0.4, -0.2) is 16.6 Å². The van der Waals surface area contributed by atoms with Gasteiger partial charge in [0.05, 0.1) is 6.42 Å². The van der Waals surface area contributed by atoms with Crippen LogP contribution in [-0.2, 0) is 4.79 Å². The van der Waals surface area contributed by atoms with Crippen molar-refractivity contribution in [2.45, 2.75) is 52.0 Å². The summed E-state index contributed by atoms with van der Waals surface area (Å²) in [6.45, 7) is 6.50. The van der Waals surface area contributed by atoms with Gasteiger partial charge in [-0.1, -0.05) is 20.8 Å². The number of hydrogen-bond acceptors (Lipinski definition) is 2. The zero-order valence-corrected chi connectivity index (χ0v) is 9.34. The molecular weight excluding hydrogens is 178 g/mol. The number of carboxylic acids is 1. The van der Waals surface area contributed by atoms with Crippen molar-refractivity contribution >= 4 is 5.97 Å². The van der Waals surface area contributed by atoms with E-state index in [4.69, 9.17) is 10.8 Å². The highest BCUT2D eigenvalue weighted by Gasteiger charge is 2.41. The molecule has 1 rings (SSSR count). The summed E-state index contributed by atoms with van der Waals surface area (Å²) in [6.07, 6.45) is 2.89. The largest absolute Gasteiger partial charge is 0.481 e. The molecule has 2 atom stereocenters. The van der Waals surface area contributed by atoms with Crippen molar-refractivity contribution < 1.29 is 9.90 Å². The van der Waals surface area contributed by atoms with Crippen LogP contribution in [0.25, 0.3) is 0 Å². The maximum atomic E-state index is 10.7. The van der Waals surface area contributed by atoms with E-state index in [-0.39, 0.29) is 11.8 Å². The molecule has 3 heteroatoms. The highest BCUT2D eigenvalue weighted by atomic mass is 16.4. The third-order valence-electron chi connectivity index (χ3n) is 2.99. The summed E-state index contributed by atoms with van der Waals surface area (Å²) in [4.78, 5) is 10.7. The van der Waals surface area contributed by atoms with E-state index in [1.54, 1.807) is 0 Å². The Kier molecular flexibility index (Phi) is 2.91. The van der Waals surface area contributed by atoms with E-state index in [2.05, 4.69) is 20.8 Å². The van der Waals surface area contributed by atoms with E-state index in [1.807, 2.05) is 0 Å². The Bertz CT molecular complexity index is 237. The van der Waals surface area contributed by atoms with Gasteiger partial charge in [0.25, 0.3) is 0 Å². The predicted molar refractivity (Wildman–Crippen MR) is 56.0 cm³/mol. The van der Waals surface area contributed by atoms with Crippen molar-refractivity contribution in [1.82, 2.24) is 0 Å². The van der Waals surface area contributed by atoms with Gasteiger partial charge >= 0.3 is 5.97 Å². The number of nitrogens with two attached hydrogens (primary N) is 1. The first-order valence-electron chi connectivity index (χ1n) is 5.23. The second-order valence-electron chi connectivity index (χ2n) is 5.79. The molecule has 1 saturated carbocycles. The molecule has 0 aliphatic heterocycles. The molecule has 3 nitrogen and oxygen atoms in total. The van der Waals surface area contributed by atoms with Gasteiger partial charge < -0.3 is 10.8 Å². The van der Waals surface area contributed by atoms with Crippen molar-refractivity contribution in [2.24, 2.45) is 17.1 Å². The molecule has 0 aromatic carbocycles. The van der Waals surface area contributed by atoms with Crippen LogP contribution < -0.4 is 5.73 Å². The minimum Gasteiger partial charge on any atom is -0.481 e. The topological polar surface area (TPSA) is 63.3 Å². The van der Waals surface area contributed by atoms with Gasteiger partial charge in [0.15, 0.2) is 0 Å². The van der Waals surface area contributed by atoms with Gasteiger partial charge in [-0.3, -0.25) is 4.79 Å². The number of carbonyl (C=O) groups is 1. The molecule has 1 fully saturated rings. The zero-order valence-electron chi connectivity index (χ0n) is 9.34. The lowest BCUT2D eigenvalue weighted by atomic mass is 9.64. The molecule has 0 aromatic rings. The standard InChI is InChI=1S/C11H21NO2/c1-8-4-10(2,3)7-11(12,5-8)6-9(13)14/h8H,4-7,12H2,1-3H3,(H,13,14). The van der Waals surface area contributed by atoms with Crippen LogP contribution in [0.5, 0.6) is 0 Å². The second-order valence-corrected chi connectivity index (χ2v) is 5.79. The maximum Gasteiger partial charge on any atom is 0.305 e. The molecule has 0 aromatic heterocycles. The molecule has 1 aliphatic carbocycles. The van der Waals surface area contributed by atoms with Crippen LogP contribution in [0.3, 0.4) is 0 Å². The molecule has 0 spiro atoms. The minimum absolute atomic E-state index is 0.0980. The van der Waals surface area contributed by atoms with Crippen molar-refractivity contribution in [3.05, 3.63) is 0 Å². The van der Waals surface area contributed by atoms with Gasteiger partial charge in [0, 0.05) is 5.54 Å².